The molecule has 0 amide bonds. The van der Waals surface area contributed by atoms with Gasteiger partial charge in [0.05, 0.1) is 18.7 Å². The second kappa shape index (κ2) is 3.91. The smallest absolute Gasteiger partial charge is 0.337 e. The fraction of sp³-hybridized carbons (Fsp3) is 0.357. The third-order valence-corrected chi connectivity index (χ3v) is 3.52. The zero-order valence-corrected chi connectivity index (χ0v) is 9.77. The number of esters is 1. The molecule has 0 aromatic carbocycles. The Bertz CT molecular complexity index is 482. The van der Waals surface area contributed by atoms with Gasteiger partial charge in [-0.1, -0.05) is 24.3 Å². The second-order valence-corrected chi connectivity index (χ2v) is 4.52. The fourth-order valence-electron chi connectivity index (χ4n) is 2.69. The lowest BCUT2D eigenvalue weighted by Gasteiger charge is -2.18. The first kappa shape index (κ1) is 10.4. The number of allylic oxidation sites excluding steroid dienone is 3. The first-order valence-electron chi connectivity index (χ1n) is 5.95. The summed E-state index contributed by atoms with van der Waals surface area (Å²) in [5.41, 5.74) is 3.22. The zero-order chi connectivity index (χ0) is 11.8. The molecule has 1 N–H and O–H groups in total. The molecule has 3 nitrogen and oxygen atoms in total. The molecule has 3 heteroatoms. The van der Waals surface area contributed by atoms with Gasteiger partial charge in [-0.3, -0.25) is 0 Å². The molecule has 3 rings (SSSR count). The average molecular weight is 229 g/mol. The van der Waals surface area contributed by atoms with Crippen LogP contribution in [-0.2, 0) is 9.53 Å². The fourth-order valence-corrected chi connectivity index (χ4v) is 2.69. The molecule has 1 saturated heterocycles. The number of ether oxygens (including phenoxy) is 1. The van der Waals surface area contributed by atoms with E-state index in [4.69, 9.17) is 4.74 Å². The number of hydrogen-bond donors (Lipinski definition) is 1. The maximum absolute atomic E-state index is 11.5. The molecule has 0 bridgehead atoms. The molecule has 1 fully saturated rings. The molecule has 1 heterocycles. The normalized spacial score (nSPS) is 29.4. The van der Waals surface area contributed by atoms with Crippen LogP contribution >= 0.6 is 0 Å². The molecule has 0 aromatic rings. The van der Waals surface area contributed by atoms with Gasteiger partial charge in [-0.15, -0.1) is 0 Å². The highest BCUT2D eigenvalue weighted by molar-refractivity contribution is 5.92. The van der Waals surface area contributed by atoms with Gasteiger partial charge in [0.15, 0.2) is 0 Å². The summed E-state index contributed by atoms with van der Waals surface area (Å²) in [4.78, 5) is 11.5. The molecule has 0 radical (unpaired) electrons. The van der Waals surface area contributed by atoms with Gasteiger partial charge in [-0.05, 0) is 24.5 Å². The SMILES string of the molecule is COC(=O)C1=CC2C3=CCCC=C3NC2C=C1. The molecular weight excluding hydrogens is 214 g/mol. The number of rotatable bonds is 1. The number of hydrogen-bond acceptors (Lipinski definition) is 3. The Labute approximate surface area is 101 Å². The van der Waals surface area contributed by atoms with Crippen molar-refractivity contribution in [3.8, 4) is 0 Å². The van der Waals surface area contributed by atoms with Crippen LogP contribution in [0.15, 0.2) is 47.2 Å². The largest absolute Gasteiger partial charge is 0.465 e. The van der Waals surface area contributed by atoms with E-state index in [1.54, 1.807) is 0 Å². The van der Waals surface area contributed by atoms with Crippen LogP contribution in [0.3, 0.4) is 0 Å². The molecule has 0 spiro atoms. The monoisotopic (exact) mass is 229 g/mol. The van der Waals surface area contributed by atoms with Gasteiger partial charge in [-0.25, -0.2) is 4.79 Å². The lowest BCUT2D eigenvalue weighted by molar-refractivity contribution is -0.135. The molecule has 17 heavy (non-hydrogen) atoms. The Balaban J connectivity index is 1.94. The maximum atomic E-state index is 11.5. The third-order valence-electron chi connectivity index (χ3n) is 3.52. The van der Waals surface area contributed by atoms with Gasteiger partial charge in [0.25, 0.3) is 0 Å². The molecule has 3 aliphatic rings. The predicted molar refractivity (Wildman–Crippen MR) is 65.1 cm³/mol. The predicted octanol–water partition coefficient (Wildman–Crippen LogP) is 1.85. The van der Waals surface area contributed by atoms with Crippen LogP contribution in [0.4, 0.5) is 0 Å². The van der Waals surface area contributed by atoms with Crippen molar-refractivity contribution in [2.75, 3.05) is 7.11 Å². The molecule has 88 valence electrons. The maximum Gasteiger partial charge on any atom is 0.337 e. The highest BCUT2D eigenvalue weighted by Gasteiger charge is 2.34. The highest BCUT2D eigenvalue weighted by atomic mass is 16.5. The van der Waals surface area contributed by atoms with Gasteiger partial charge < -0.3 is 10.1 Å². The van der Waals surface area contributed by atoms with Gasteiger partial charge >= 0.3 is 5.97 Å². The highest BCUT2D eigenvalue weighted by Crippen LogP contribution is 2.37. The number of carbonyl (C=O) groups excluding carboxylic acids is 1. The van der Waals surface area contributed by atoms with Gasteiger partial charge in [0.1, 0.15) is 0 Å². The van der Waals surface area contributed by atoms with E-state index in [0.717, 1.165) is 12.8 Å². The number of nitrogens with one attached hydrogen (secondary N) is 1. The van der Waals surface area contributed by atoms with Crippen LogP contribution in [0.1, 0.15) is 12.8 Å². The first-order chi connectivity index (χ1) is 8.29. The van der Waals surface area contributed by atoms with Crippen LogP contribution in [-0.4, -0.2) is 19.1 Å². The van der Waals surface area contributed by atoms with Crippen LogP contribution in [0.2, 0.25) is 0 Å². The van der Waals surface area contributed by atoms with Crippen molar-refractivity contribution in [3.05, 3.63) is 47.2 Å². The second-order valence-electron chi connectivity index (χ2n) is 4.52. The molecule has 2 atom stereocenters. The first-order valence-corrected chi connectivity index (χ1v) is 5.95. The van der Waals surface area contributed by atoms with Crippen molar-refractivity contribution in [3.63, 3.8) is 0 Å². The molecule has 2 aliphatic carbocycles. The summed E-state index contributed by atoms with van der Waals surface area (Å²) in [6, 6.07) is 0.291. The molecule has 2 unspecified atom stereocenters. The van der Waals surface area contributed by atoms with Crippen molar-refractivity contribution in [1.82, 2.24) is 5.32 Å². The Morgan fingerprint density at radius 3 is 3.06 bits per heavy atom. The van der Waals surface area contributed by atoms with Crippen LogP contribution < -0.4 is 5.32 Å². The summed E-state index contributed by atoms with van der Waals surface area (Å²) < 4.78 is 4.76. The van der Waals surface area contributed by atoms with Crippen molar-refractivity contribution in [2.24, 2.45) is 5.92 Å². The Kier molecular flexibility index (Phi) is 2.39. The summed E-state index contributed by atoms with van der Waals surface area (Å²) in [7, 11) is 1.42. The van der Waals surface area contributed by atoms with E-state index in [-0.39, 0.29) is 11.9 Å². The Morgan fingerprint density at radius 2 is 2.24 bits per heavy atom. The lowest BCUT2D eigenvalue weighted by Crippen LogP contribution is -2.26. The van der Waals surface area contributed by atoms with Gasteiger partial charge in [0, 0.05) is 11.6 Å². The number of fused-ring (bicyclic) bond motifs is 3. The van der Waals surface area contributed by atoms with E-state index < -0.39 is 0 Å². The quantitative estimate of drug-likeness (QED) is 0.697. The number of carbonyl (C=O) groups is 1. The van der Waals surface area contributed by atoms with Crippen LogP contribution in [0, 0.1) is 5.92 Å². The van der Waals surface area contributed by atoms with E-state index in [9.17, 15) is 4.79 Å². The topological polar surface area (TPSA) is 38.3 Å². The van der Waals surface area contributed by atoms with E-state index in [1.165, 1.54) is 18.4 Å². The minimum atomic E-state index is -0.256. The van der Waals surface area contributed by atoms with E-state index in [0.29, 0.717) is 11.6 Å². The molecule has 0 aromatic heterocycles. The average Bonchev–Trinajstić information content (AvgIpc) is 2.75. The summed E-state index contributed by atoms with van der Waals surface area (Å²) in [6.07, 6.45) is 12.6. The number of methoxy groups -OCH3 is 1. The standard InChI is InChI=1S/C14H15NO2/c1-17-14(16)9-6-7-13-11(8-9)10-4-2-3-5-12(10)15-13/h4-8,11,13,15H,2-3H2,1H3. The zero-order valence-electron chi connectivity index (χ0n) is 9.77. The Morgan fingerprint density at radius 1 is 1.41 bits per heavy atom. The third kappa shape index (κ3) is 1.62. The minimum absolute atomic E-state index is 0.256. The summed E-state index contributed by atoms with van der Waals surface area (Å²) >= 11 is 0. The van der Waals surface area contributed by atoms with Crippen molar-refractivity contribution >= 4 is 5.97 Å². The van der Waals surface area contributed by atoms with Gasteiger partial charge in [-0.2, -0.15) is 0 Å². The van der Waals surface area contributed by atoms with Crippen molar-refractivity contribution < 1.29 is 9.53 Å². The van der Waals surface area contributed by atoms with E-state index in [1.807, 2.05) is 12.2 Å². The summed E-state index contributed by atoms with van der Waals surface area (Å²) in [6.45, 7) is 0. The molecular formula is C14H15NO2. The molecule has 0 saturated carbocycles. The van der Waals surface area contributed by atoms with E-state index in [2.05, 4.69) is 23.5 Å². The lowest BCUT2D eigenvalue weighted by atomic mass is 9.86. The van der Waals surface area contributed by atoms with Crippen molar-refractivity contribution in [2.45, 2.75) is 18.9 Å². The summed E-state index contributed by atoms with van der Waals surface area (Å²) in [5.74, 6) is 0.0224. The minimum Gasteiger partial charge on any atom is -0.465 e. The van der Waals surface area contributed by atoms with Crippen molar-refractivity contribution in [1.29, 1.82) is 0 Å². The Hall–Kier alpha value is -1.77. The van der Waals surface area contributed by atoms with Crippen LogP contribution in [0.5, 0.6) is 0 Å². The summed E-state index contributed by atoms with van der Waals surface area (Å²) in [5, 5.41) is 3.48. The van der Waals surface area contributed by atoms with Gasteiger partial charge in [0.2, 0.25) is 0 Å². The van der Waals surface area contributed by atoms with E-state index >= 15 is 0 Å². The van der Waals surface area contributed by atoms with Crippen LogP contribution in [0.25, 0.3) is 0 Å². The molecule has 1 aliphatic heterocycles.